The molecular weight excluding hydrogens is 304 g/mol. The van der Waals surface area contributed by atoms with Gasteiger partial charge in [-0.05, 0) is 20.8 Å². The molecule has 0 atom stereocenters. The molecule has 0 aliphatic heterocycles. The van der Waals surface area contributed by atoms with Crippen molar-refractivity contribution in [3.05, 3.63) is 32.4 Å². The van der Waals surface area contributed by atoms with Crippen LogP contribution >= 0.6 is 0 Å². The first kappa shape index (κ1) is 11.8. The average molecular weight is 315 g/mol. The Bertz CT molecular complexity index is 319. The summed E-state index contributed by atoms with van der Waals surface area (Å²) in [7, 11) is 0. The van der Waals surface area contributed by atoms with Gasteiger partial charge in [-0.3, -0.25) is 0 Å². The van der Waals surface area contributed by atoms with Crippen molar-refractivity contribution in [3.63, 3.8) is 0 Å². The maximum Gasteiger partial charge on any atom is 0.609 e. The van der Waals surface area contributed by atoms with Crippen molar-refractivity contribution < 1.29 is 34.4 Å². The lowest BCUT2D eigenvalue weighted by atomic mass is 10.1. The fourth-order valence-electron chi connectivity index (χ4n) is 1.42. The van der Waals surface area contributed by atoms with Crippen LogP contribution in [0.15, 0.2) is 12.1 Å². The molecule has 0 radical (unpaired) electrons. The molecule has 78 valence electrons. The molecule has 4 heteroatoms. The van der Waals surface area contributed by atoms with Gasteiger partial charge in [0, 0.05) is 11.1 Å². The molecule has 1 aromatic rings. The van der Waals surface area contributed by atoms with Gasteiger partial charge in [0.05, 0.1) is 0 Å². The van der Waals surface area contributed by atoms with Crippen LogP contribution in [0.25, 0.3) is 0 Å². The first-order chi connectivity index (χ1) is 6.29. The normalized spacial score (nSPS) is 11.9. The zero-order valence-corrected chi connectivity index (χ0v) is 10.3. The van der Waals surface area contributed by atoms with Gasteiger partial charge in [0.2, 0.25) is 3.57 Å². The molecule has 0 saturated heterocycles. The molecule has 1 aromatic carbocycles. The first-order valence-electron chi connectivity index (χ1n) is 4.10. The summed E-state index contributed by atoms with van der Waals surface area (Å²) in [4.78, 5) is 0. The highest BCUT2D eigenvalue weighted by molar-refractivity contribution is 5.26. The summed E-state index contributed by atoms with van der Waals surface area (Å²) in [6.07, 6.45) is 0. The van der Waals surface area contributed by atoms with Crippen molar-refractivity contribution in [3.8, 4) is 0 Å². The third kappa shape index (κ3) is 3.15. The van der Waals surface area contributed by atoms with Crippen LogP contribution in [0.1, 0.15) is 16.7 Å². The number of aryl methyl sites for hydroxylation is 3. The van der Waals surface area contributed by atoms with E-state index in [0.29, 0.717) is 3.57 Å². The molecule has 0 aliphatic rings. The molecule has 0 aliphatic carbocycles. The summed E-state index contributed by atoms with van der Waals surface area (Å²) in [6.45, 7) is 5.40. The molecule has 0 bridgehead atoms. The van der Waals surface area contributed by atoms with E-state index in [0.717, 1.165) is 16.7 Å². The van der Waals surface area contributed by atoms with Crippen molar-refractivity contribution >= 4 is 0 Å². The third-order valence-corrected chi connectivity index (χ3v) is 4.63. The Morgan fingerprint density at radius 1 is 1.00 bits per heavy atom. The lowest BCUT2D eigenvalue weighted by Crippen LogP contribution is -3.67. The lowest BCUT2D eigenvalue weighted by Gasteiger charge is -2.01. The Labute approximate surface area is 91.8 Å². The van der Waals surface area contributed by atoms with Gasteiger partial charge >= 0.3 is 25.4 Å². The van der Waals surface area contributed by atoms with E-state index in [1.54, 1.807) is 13.8 Å². The number of alkyl halides is 4. The van der Waals surface area contributed by atoms with Crippen LogP contribution in [0.3, 0.4) is 0 Å². The molecular formula is C10H11F3I+. The Balaban J connectivity index is 3.09. The van der Waals surface area contributed by atoms with E-state index in [4.69, 9.17) is 0 Å². The van der Waals surface area contributed by atoms with Crippen LogP contribution in [0.5, 0.6) is 0 Å². The second-order valence-corrected chi connectivity index (χ2v) is 6.08. The number of hydrogen-bond acceptors (Lipinski definition) is 0. The minimum absolute atomic E-state index is 0.516. The zero-order chi connectivity index (χ0) is 10.9. The number of hydrogen-bond donors (Lipinski definition) is 0. The predicted octanol–water partition coefficient (Wildman–Crippen LogP) is 0.390. The SMILES string of the molecule is Cc1cc(C)c([I+]C(F)(F)F)c(C)c1. The van der Waals surface area contributed by atoms with Crippen molar-refractivity contribution in [2.45, 2.75) is 25.0 Å². The van der Waals surface area contributed by atoms with Crippen molar-refractivity contribution in [2.75, 3.05) is 0 Å². The van der Waals surface area contributed by atoms with Crippen molar-refractivity contribution in [1.82, 2.24) is 0 Å². The summed E-state index contributed by atoms with van der Waals surface area (Å²) in [5.74, 6) is 0. The van der Waals surface area contributed by atoms with Gasteiger partial charge in [-0.25, -0.2) is 0 Å². The van der Waals surface area contributed by atoms with Crippen LogP contribution in [0.2, 0.25) is 0 Å². The summed E-state index contributed by atoms with van der Waals surface area (Å²) in [5.41, 5.74) is 2.56. The zero-order valence-electron chi connectivity index (χ0n) is 8.17. The topological polar surface area (TPSA) is 0 Å². The van der Waals surface area contributed by atoms with Gasteiger partial charge in [0.15, 0.2) is 0 Å². The summed E-state index contributed by atoms with van der Waals surface area (Å²) >= 11 is -1.87. The number of halogens is 4. The Morgan fingerprint density at radius 3 is 1.79 bits per heavy atom. The Hall–Kier alpha value is -0.260. The van der Waals surface area contributed by atoms with Gasteiger partial charge < -0.3 is 0 Å². The van der Waals surface area contributed by atoms with E-state index >= 15 is 0 Å². The number of benzene rings is 1. The fraction of sp³-hybridized carbons (Fsp3) is 0.400. The van der Waals surface area contributed by atoms with E-state index < -0.39 is 25.4 Å². The molecule has 0 unspecified atom stereocenters. The predicted molar refractivity (Wildman–Crippen MR) is 45.4 cm³/mol. The maximum atomic E-state index is 12.3. The highest BCUT2D eigenvalue weighted by atomic mass is 127. The molecule has 0 fully saturated rings. The third-order valence-electron chi connectivity index (χ3n) is 1.78. The molecule has 0 amide bonds. The van der Waals surface area contributed by atoms with Crippen LogP contribution in [0.4, 0.5) is 13.2 Å². The molecule has 0 aromatic heterocycles. The molecule has 0 nitrogen and oxygen atoms in total. The first-order valence-corrected chi connectivity index (χ1v) is 6.26. The van der Waals surface area contributed by atoms with Crippen LogP contribution < -0.4 is 21.2 Å². The summed E-state index contributed by atoms with van der Waals surface area (Å²) < 4.78 is 33.3. The van der Waals surface area contributed by atoms with Crippen LogP contribution in [-0.4, -0.2) is 4.18 Å². The molecule has 0 N–H and O–H groups in total. The summed E-state index contributed by atoms with van der Waals surface area (Å²) in [5, 5.41) is 0. The Kier molecular flexibility index (Phi) is 3.44. The average Bonchev–Trinajstić information content (AvgIpc) is 1.95. The van der Waals surface area contributed by atoms with Crippen molar-refractivity contribution in [1.29, 1.82) is 0 Å². The van der Waals surface area contributed by atoms with Gasteiger partial charge in [0.1, 0.15) is 0 Å². The van der Waals surface area contributed by atoms with Crippen LogP contribution in [0, 0.1) is 24.3 Å². The monoisotopic (exact) mass is 315 g/mol. The molecule has 0 heterocycles. The van der Waals surface area contributed by atoms with E-state index in [-0.39, 0.29) is 0 Å². The summed E-state index contributed by atoms with van der Waals surface area (Å²) in [6, 6.07) is 3.63. The Morgan fingerprint density at radius 2 is 1.43 bits per heavy atom. The van der Waals surface area contributed by atoms with Gasteiger partial charge in [-0.1, -0.05) is 17.7 Å². The highest BCUT2D eigenvalue weighted by Crippen LogP contribution is 2.09. The molecule has 0 spiro atoms. The van der Waals surface area contributed by atoms with E-state index in [2.05, 4.69) is 0 Å². The van der Waals surface area contributed by atoms with Gasteiger partial charge in [-0.15, -0.1) is 13.2 Å². The molecule has 0 saturated carbocycles. The number of rotatable bonds is 1. The van der Waals surface area contributed by atoms with Crippen molar-refractivity contribution in [2.24, 2.45) is 0 Å². The quantitative estimate of drug-likeness (QED) is 0.520. The van der Waals surface area contributed by atoms with Gasteiger partial charge in [-0.2, -0.15) is 0 Å². The second-order valence-electron chi connectivity index (χ2n) is 3.24. The highest BCUT2D eigenvalue weighted by Gasteiger charge is 2.49. The van der Waals surface area contributed by atoms with E-state index in [1.165, 1.54) is 0 Å². The molecule has 14 heavy (non-hydrogen) atoms. The smallest absolute Gasteiger partial charge is 0.125 e. The van der Waals surface area contributed by atoms with E-state index in [1.807, 2.05) is 19.1 Å². The second kappa shape index (κ2) is 4.08. The maximum absolute atomic E-state index is 12.3. The minimum Gasteiger partial charge on any atom is -0.125 e. The van der Waals surface area contributed by atoms with E-state index in [9.17, 15) is 13.2 Å². The van der Waals surface area contributed by atoms with Gasteiger partial charge in [0.25, 0.3) is 0 Å². The standard InChI is InChI=1S/C10H11F3I/c1-6-4-7(2)9(8(3)5-6)14-10(11,12)13/h4-5H,1-3H3/q+1. The largest absolute Gasteiger partial charge is 0.609 e. The lowest BCUT2D eigenvalue weighted by molar-refractivity contribution is -0.793. The fourth-order valence-corrected chi connectivity index (χ4v) is 3.19. The molecule has 1 rings (SSSR count). The van der Waals surface area contributed by atoms with Crippen LogP contribution in [-0.2, 0) is 0 Å². The minimum atomic E-state index is -4.01.